The number of aryl methyl sites for hydroxylation is 3. The number of benzene rings is 2. The molecule has 0 saturated heterocycles. The number of hydrogen-bond donors (Lipinski definition) is 1. The summed E-state index contributed by atoms with van der Waals surface area (Å²) in [5.74, 6) is 0. The van der Waals surface area contributed by atoms with Crippen LogP contribution in [0, 0.1) is 20.8 Å². The van der Waals surface area contributed by atoms with Crippen LogP contribution in [-0.2, 0) is 6.54 Å². The van der Waals surface area contributed by atoms with E-state index in [0.717, 1.165) is 6.54 Å². The van der Waals surface area contributed by atoms with E-state index < -0.39 is 0 Å². The van der Waals surface area contributed by atoms with Gasteiger partial charge in [0, 0.05) is 19.1 Å². The topological polar surface area (TPSA) is 29.3 Å². The van der Waals surface area contributed by atoms with Gasteiger partial charge in [0.15, 0.2) is 0 Å². The van der Waals surface area contributed by atoms with Crippen molar-refractivity contribution < 1.29 is 0 Å². The van der Waals surface area contributed by atoms with E-state index in [1.165, 1.54) is 27.8 Å². The van der Waals surface area contributed by atoms with Crippen molar-refractivity contribution in [1.82, 2.24) is 4.90 Å². The van der Waals surface area contributed by atoms with E-state index in [0.29, 0.717) is 6.54 Å². The van der Waals surface area contributed by atoms with E-state index in [1.807, 2.05) is 0 Å². The Morgan fingerprint density at radius 1 is 0.952 bits per heavy atom. The summed E-state index contributed by atoms with van der Waals surface area (Å²) < 4.78 is 0. The smallest absolute Gasteiger partial charge is 0.0473 e. The van der Waals surface area contributed by atoms with E-state index in [2.05, 4.69) is 75.2 Å². The largest absolute Gasteiger partial charge is 0.329 e. The van der Waals surface area contributed by atoms with Gasteiger partial charge in [-0.3, -0.25) is 4.90 Å². The van der Waals surface area contributed by atoms with Gasteiger partial charge in [-0.05, 0) is 44.5 Å². The minimum absolute atomic E-state index is 0.256. The zero-order valence-corrected chi connectivity index (χ0v) is 13.6. The highest BCUT2D eigenvalue weighted by Crippen LogP contribution is 2.24. The van der Waals surface area contributed by atoms with Crippen molar-refractivity contribution in [3.05, 3.63) is 70.3 Å². The van der Waals surface area contributed by atoms with Crippen LogP contribution in [0.15, 0.2) is 42.5 Å². The van der Waals surface area contributed by atoms with Gasteiger partial charge in [-0.2, -0.15) is 0 Å². The second-order valence-corrected chi connectivity index (χ2v) is 6.01. The third-order valence-electron chi connectivity index (χ3n) is 4.09. The molecule has 0 aliphatic rings. The highest BCUT2D eigenvalue weighted by molar-refractivity contribution is 5.33. The van der Waals surface area contributed by atoms with Crippen LogP contribution in [0.3, 0.4) is 0 Å². The monoisotopic (exact) mass is 282 g/mol. The molecular formula is C19H26N2. The van der Waals surface area contributed by atoms with Crippen molar-refractivity contribution in [3.63, 3.8) is 0 Å². The van der Waals surface area contributed by atoms with E-state index >= 15 is 0 Å². The van der Waals surface area contributed by atoms with Gasteiger partial charge in [0.2, 0.25) is 0 Å². The molecule has 112 valence electrons. The third-order valence-corrected chi connectivity index (χ3v) is 4.09. The van der Waals surface area contributed by atoms with Crippen molar-refractivity contribution >= 4 is 0 Å². The Morgan fingerprint density at radius 3 is 2.14 bits per heavy atom. The normalized spacial score (nSPS) is 12.7. The minimum Gasteiger partial charge on any atom is -0.329 e. The van der Waals surface area contributed by atoms with Crippen molar-refractivity contribution in [3.8, 4) is 0 Å². The summed E-state index contributed by atoms with van der Waals surface area (Å²) in [6.45, 7) is 7.96. The molecule has 21 heavy (non-hydrogen) atoms. The Bertz CT molecular complexity index is 587. The van der Waals surface area contributed by atoms with Gasteiger partial charge in [0.1, 0.15) is 0 Å². The Balaban J connectivity index is 2.18. The summed E-state index contributed by atoms with van der Waals surface area (Å²) in [6.07, 6.45) is 0. The van der Waals surface area contributed by atoms with Crippen LogP contribution >= 0.6 is 0 Å². The average Bonchev–Trinajstić information content (AvgIpc) is 2.44. The molecule has 2 heteroatoms. The number of hydrogen-bond acceptors (Lipinski definition) is 2. The lowest BCUT2D eigenvalue weighted by Crippen LogP contribution is -2.30. The number of likely N-dealkylation sites (N-methyl/N-ethyl adjacent to an activating group) is 1. The maximum atomic E-state index is 6.05. The van der Waals surface area contributed by atoms with Crippen molar-refractivity contribution in [2.75, 3.05) is 13.6 Å². The fraction of sp³-hybridized carbons (Fsp3) is 0.368. The van der Waals surface area contributed by atoms with Crippen LogP contribution in [0.4, 0.5) is 0 Å². The van der Waals surface area contributed by atoms with Gasteiger partial charge in [-0.25, -0.2) is 0 Å². The van der Waals surface area contributed by atoms with E-state index in [1.54, 1.807) is 0 Å². The molecule has 0 heterocycles. The number of nitrogens with two attached hydrogens (primary N) is 1. The molecule has 0 aliphatic heterocycles. The van der Waals surface area contributed by atoms with Crippen LogP contribution in [0.5, 0.6) is 0 Å². The summed E-state index contributed by atoms with van der Waals surface area (Å²) in [4.78, 5) is 2.34. The average molecular weight is 282 g/mol. The molecule has 0 aromatic heterocycles. The van der Waals surface area contributed by atoms with E-state index in [-0.39, 0.29) is 6.04 Å². The lowest BCUT2D eigenvalue weighted by atomic mass is 9.98. The van der Waals surface area contributed by atoms with E-state index in [4.69, 9.17) is 5.73 Å². The lowest BCUT2D eigenvalue weighted by Gasteiger charge is -2.29. The first-order valence-corrected chi connectivity index (χ1v) is 7.54. The summed E-state index contributed by atoms with van der Waals surface area (Å²) >= 11 is 0. The molecule has 0 saturated carbocycles. The zero-order valence-electron chi connectivity index (χ0n) is 13.6. The van der Waals surface area contributed by atoms with Crippen LogP contribution in [0.2, 0.25) is 0 Å². The minimum atomic E-state index is 0.256. The predicted molar refractivity (Wildman–Crippen MR) is 90.4 cm³/mol. The number of nitrogens with zero attached hydrogens (tertiary/aromatic N) is 1. The van der Waals surface area contributed by atoms with Crippen LogP contribution < -0.4 is 5.73 Å². The highest BCUT2D eigenvalue weighted by Gasteiger charge is 2.17. The van der Waals surface area contributed by atoms with Crippen LogP contribution in [0.25, 0.3) is 0 Å². The van der Waals surface area contributed by atoms with Gasteiger partial charge in [-0.15, -0.1) is 0 Å². The molecule has 0 amide bonds. The molecule has 2 aromatic carbocycles. The predicted octanol–water partition coefficient (Wildman–Crippen LogP) is 3.74. The Labute approximate surface area is 128 Å². The first kappa shape index (κ1) is 15.7. The molecule has 1 atom stereocenters. The maximum Gasteiger partial charge on any atom is 0.0473 e. The third kappa shape index (κ3) is 3.93. The molecule has 0 fully saturated rings. The summed E-state index contributed by atoms with van der Waals surface area (Å²) in [7, 11) is 2.15. The summed E-state index contributed by atoms with van der Waals surface area (Å²) in [6, 6.07) is 15.6. The Hall–Kier alpha value is -1.64. The second kappa shape index (κ2) is 6.88. The molecule has 2 N–H and O–H groups in total. The van der Waals surface area contributed by atoms with Crippen LogP contribution in [0.1, 0.15) is 33.9 Å². The molecular weight excluding hydrogens is 256 g/mol. The lowest BCUT2D eigenvalue weighted by molar-refractivity contribution is 0.241. The Morgan fingerprint density at radius 2 is 1.57 bits per heavy atom. The standard InChI is InChI=1S/C19H26N2/c1-14-5-8-17(9-6-14)13-21(4)19(12-20)18-10-7-15(2)11-16(18)3/h5-11,19H,12-13,20H2,1-4H3. The fourth-order valence-corrected chi connectivity index (χ4v) is 2.84. The molecule has 0 bridgehead atoms. The van der Waals surface area contributed by atoms with Gasteiger partial charge >= 0.3 is 0 Å². The quantitative estimate of drug-likeness (QED) is 0.905. The second-order valence-electron chi connectivity index (χ2n) is 6.01. The molecule has 1 unspecified atom stereocenters. The summed E-state index contributed by atoms with van der Waals surface area (Å²) in [5, 5.41) is 0. The van der Waals surface area contributed by atoms with Gasteiger partial charge in [0.05, 0.1) is 0 Å². The SMILES string of the molecule is Cc1ccc(CN(C)C(CN)c2ccc(C)cc2C)cc1. The van der Waals surface area contributed by atoms with Crippen molar-refractivity contribution in [1.29, 1.82) is 0 Å². The first-order valence-electron chi connectivity index (χ1n) is 7.54. The van der Waals surface area contributed by atoms with E-state index in [9.17, 15) is 0 Å². The molecule has 0 radical (unpaired) electrons. The summed E-state index contributed by atoms with van der Waals surface area (Å²) in [5.41, 5.74) is 12.6. The van der Waals surface area contributed by atoms with Crippen molar-refractivity contribution in [2.45, 2.75) is 33.4 Å². The first-order chi connectivity index (χ1) is 10.0. The molecule has 0 spiro atoms. The fourth-order valence-electron chi connectivity index (χ4n) is 2.84. The van der Waals surface area contributed by atoms with Crippen molar-refractivity contribution in [2.24, 2.45) is 5.73 Å². The van der Waals surface area contributed by atoms with Gasteiger partial charge < -0.3 is 5.73 Å². The molecule has 2 rings (SSSR count). The van der Waals surface area contributed by atoms with Gasteiger partial charge in [-0.1, -0.05) is 53.6 Å². The zero-order chi connectivity index (χ0) is 15.4. The maximum absolute atomic E-state index is 6.05. The molecule has 2 aromatic rings. The Kier molecular flexibility index (Phi) is 5.16. The van der Waals surface area contributed by atoms with Gasteiger partial charge in [0.25, 0.3) is 0 Å². The highest BCUT2D eigenvalue weighted by atomic mass is 15.1. The molecule has 0 aliphatic carbocycles. The molecule has 2 nitrogen and oxygen atoms in total. The van der Waals surface area contributed by atoms with Crippen LogP contribution in [-0.4, -0.2) is 18.5 Å². The number of rotatable bonds is 5.